The van der Waals surface area contributed by atoms with Gasteiger partial charge in [0.2, 0.25) is 0 Å². The molecule has 0 fully saturated rings. The van der Waals surface area contributed by atoms with E-state index in [1.807, 2.05) is 38.1 Å². The molecular formula is C17H17Cl2NO2. The molecule has 0 atom stereocenters. The molecule has 0 radical (unpaired) electrons. The summed E-state index contributed by atoms with van der Waals surface area (Å²) < 4.78 is 5.51. The summed E-state index contributed by atoms with van der Waals surface area (Å²) in [6, 6.07) is 12.7. The molecule has 0 bridgehead atoms. The summed E-state index contributed by atoms with van der Waals surface area (Å²) >= 11 is 11.9. The minimum absolute atomic E-state index is 0.0802. The molecule has 3 nitrogen and oxygen atoms in total. The Kier molecular flexibility index (Phi) is 5.69. The molecule has 0 spiro atoms. The smallest absolute Gasteiger partial charge is 0.264 e. The standard InChI is InChI=1S/C17H17Cl2NO2/c1-3-20(14-6-4-5-12(2)9-14)17(21)11-22-16-8-7-13(18)10-15(16)19/h4-10H,3,11H2,1-2H3. The fourth-order valence-corrected chi connectivity index (χ4v) is 2.57. The highest BCUT2D eigenvalue weighted by atomic mass is 35.5. The second-order valence-electron chi connectivity index (χ2n) is 4.84. The van der Waals surface area contributed by atoms with E-state index in [9.17, 15) is 4.79 Å². The molecule has 0 aliphatic heterocycles. The average Bonchev–Trinajstić information content (AvgIpc) is 2.47. The highest BCUT2D eigenvalue weighted by molar-refractivity contribution is 6.35. The van der Waals surface area contributed by atoms with Gasteiger partial charge in [0.1, 0.15) is 5.75 Å². The predicted octanol–water partition coefficient (Wildman–Crippen LogP) is 4.73. The number of amides is 1. The van der Waals surface area contributed by atoms with Crippen LogP contribution in [0.4, 0.5) is 5.69 Å². The van der Waals surface area contributed by atoms with Crippen molar-refractivity contribution >= 4 is 34.8 Å². The van der Waals surface area contributed by atoms with E-state index in [1.54, 1.807) is 23.1 Å². The number of aryl methyl sites for hydroxylation is 1. The first-order valence-corrected chi connectivity index (χ1v) is 7.71. The maximum Gasteiger partial charge on any atom is 0.264 e. The van der Waals surface area contributed by atoms with Crippen molar-refractivity contribution in [1.82, 2.24) is 0 Å². The molecular weight excluding hydrogens is 321 g/mol. The van der Waals surface area contributed by atoms with Crippen molar-refractivity contribution in [2.45, 2.75) is 13.8 Å². The van der Waals surface area contributed by atoms with Crippen LogP contribution in [0.1, 0.15) is 12.5 Å². The van der Waals surface area contributed by atoms with Crippen LogP contribution in [0.3, 0.4) is 0 Å². The van der Waals surface area contributed by atoms with Gasteiger partial charge in [0.25, 0.3) is 5.91 Å². The first-order chi connectivity index (χ1) is 10.5. The van der Waals surface area contributed by atoms with Crippen LogP contribution in [0.15, 0.2) is 42.5 Å². The molecule has 2 aromatic rings. The van der Waals surface area contributed by atoms with Crippen molar-refractivity contribution in [1.29, 1.82) is 0 Å². The number of likely N-dealkylation sites (N-methyl/N-ethyl adjacent to an activating group) is 1. The lowest BCUT2D eigenvalue weighted by molar-refractivity contribution is -0.120. The van der Waals surface area contributed by atoms with Crippen LogP contribution in [-0.4, -0.2) is 19.1 Å². The van der Waals surface area contributed by atoms with Crippen LogP contribution in [0.2, 0.25) is 10.0 Å². The third kappa shape index (κ3) is 4.15. The number of rotatable bonds is 5. The predicted molar refractivity (Wildman–Crippen MR) is 91.2 cm³/mol. The highest BCUT2D eigenvalue weighted by Gasteiger charge is 2.15. The van der Waals surface area contributed by atoms with Gasteiger partial charge in [-0.15, -0.1) is 0 Å². The third-order valence-electron chi connectivity index (χ3n) is 3.18. The lowest BCUT2D eigenvalue weighted by Crippen LogP contribution is -2.34. The lowest BCUT2D eigenvalue weighted by atomic mass is 10.2. The van der Waals surface area contributed by atoms with Gasteiger partial charge in [-0.25, -0.2) is 0 Å². The molecule has 5 heteroatoms. The van der Waals surface area contributed by atoms with Crippen LogP contribution in [0.5, 0.6) is 5.75 Å². The number of anilines is 1. The van der Waals surface area contributed by atoms with Crippen molar-refractivity contribution in [3.63, 3.8) is 0 Å². The van der Waals surface area contributed by atoms with Gasteiger partial charge >= 0.3 is 0 Å². The number of carbonyl (C=O) groups excluding carboxylic acids is 1. The molecule has 0 saturated heterocycles. The Balaban J connectivity index is 2.06. The summed E-state index contributed by atoms with van der Waals surface area (Å²) in [7, 11) is 0. The molecule has 116 valence electrons. The zero-order valence-corrected chi connectivity index (χ0v) is 14.0. The summed E-state index contributed by atoms with van der Waals surface area (Å²) in [5.74, 6) is 0.318. The Labute approximate surface area is 140 Å². The Morgan fingerprint density at radius 1 is 1.18 bits per heavy atom. The molecule has 2 rings (SSSR count). The van der Waals surface area contributed by atoms with Gasteiger partial charge in [-0.3, -0.25) is 4.79 Å². The Hall–Kier alpha value is -1.71. The van der Waals surface area contributed by atoms with Gasteiger partial charge in [-0.05, 0) is 49.7 Å². The summed E-state index contributed by atoms with van der Waals surface area (Å²) in [6.45, 7) is 4.41. The first kappa shape index (κ1) is 16.7. The lowest BCUT2D eigenvalue weighted by Gasteiger charge is -2.21. The average molecular weight is 338 g/mol. The van der Waals surface area contributed by atoms with Crippen molar-refractivity contribution in [2.24, 2.45) is 0 Å². The topological polar surface area (TPSA) is 29.5 Å². The zero-order chi connectivity index (χ0) is 16.1. The van der Waals surface area contributed by atoms with Crippen molar-refractivity contribution in [2.75, 3.05) is 18.1 Å². The molecule has 0 unspecified atom stereocenters. The SMILES string of the molecule is CCN(C(=O)COc1ccc(Cl)cc1Cl)c1cccc(C)c1. The summed E-state index contributed by atoms with van der Waals surface area (Å²) in [5.41, 5.74) is 1.96. The summed E-state index contributed by atoms with van der Waals surface area (Å²) in [6.07, 6.45) is 0. The molecule has 0 N–H and O–H groups in total. The van der Waals surface area contributed by atoms with E-state index in [4.69, 9.17) is 27.9 Å². The molecule has 0 saturated carbocycles. The second-order valence-corrected chi connectivity index (χ2v) is 5.68. The van der Waals surface area contributed by atoms with Crippen molar-refractivity contribution in [3.05, 3.63) is 58.1 Å². The van der Waals surface area contributed by atoms with E-state index in [2.05, 4.69) is 0 Å². The Morgan fingerprint density at radius 3 is 2.59 bits per heavy atom. The van der Waals surface area contributed by atoms with E-state index in [1.165, 1.54) is 0 Å². The van der Waals surface area contributed by atoms with Gasteiger partial charge in [-0.2, -0.15) is 0 Å². The largest absolute Gasteiger partial charge is 0.482 e. The van der Waals surface area contributed by atoms with Crippen molar-refractivity contribution < 1.29 is 9.53 Å². The van der Waals surface area contributed by atoms with Crippen LogP contribution in [0, 0.1) is 6.92 Å². The van der Waals surface area contributed by atoms with Crippen LogP contribution >= 0.6 is 23.2 Å². The number of carbonyl (C=O) groups is 1. The quantitative estimate of drug-likeness (QED) is 0.788. The molecule has 0 aliphatic rings. The molecule has 22 heavy (non-hydrogen) atoms. The normalized spacial score (nSPS) is 10.4. The number of ether oxygens (including phenoxy) is 1. The van der Waals surface area contributed by atoms with Crippen LogP contribution < -0.4 is 9.64 Å². The van der Waals surface area contributed by atoms with Gasteiger partial charge in [0, 0.05) is 17.3 Å². The fraction of sp³-hybridized carbons (Fsp3) is 0.235. The number of nitrogens with zero attached hydrogens (tertiary/aromatic N) is 1. The summed E-state index contributed by atoms with van der Waals surface area (Å²) in [4.78, 5) is 14.0. The molecule has 1 amide bonds. The molecule has 0 aromatic heterocycles. The third-order valence-corrected chi connectivity index (χ3v) is 3.71. The van der Waals surface area contributed by atoms with E-state index >= 15 is 0 Å². The monoisotopic (exact) mass is 337 g/mol. The minimum Gasteiger partial charge on any atom is -0.482 e. The molecule has 2 aromatic carbocycles. The van der Waals surface area contributed by atoms with Crippen LogP contribution in [-0.2, 0) is 4.79 Å². The maximum atomic E-state index is 12.4. The minimum atomic E-state index is -0.126. The Morgan fingerprint density at radius 2 is 1.95 bits per heavy atom. The second kappa shape index (κ2) is 7.52. The fourth-order valence-electron chi connectivity index (χ4n) is 2.11. The number of hydrogen-bond donors (Lipinski definition) is 0. The number of halogens is 2. The highest BCUT2D eigenvalue weighted by Crippen LogP contribution is 2.27. The first-order valence-electron chi connectivity index (χ1n) is 6.96. The zero-order valence-electron chi connectivity index (χ0n) is 12.5. The van der Waals surface area contributed by atoms with Gasteiger partial charge in [0.15, 0.2) is 6.61 Å². The molecule has 0 aliphatic carbocycles. The van der Waals surface area contributed by atoms with E-state index in [-0.39, 0.29) is 12.5 Å². The van der Waals surface area contributed by atoms with E-state index in [0.717, 1.165) is 11.3 Å². The molecule has 0 heterocycles. The maximum absolute atomic E-state index is 12.4. The van der Waals surface area contributed by atoms with E-state index in [0.29, 0.717) is 22.3 Å². The number of benzene rings is 2. The van der Waals surface area contributed by atoms with Crippen LogP contribution in [0.25, 0.3) is 0 Å². The number of hydrogen-bond acceptors (Lipinski definition) is 2. The van der Waals surface area contributed by atoms with Gasteiger partial charge < -0.3 is 9.64 Å². The van der Waals surface area contributed by atoms with Gasteiger partial charge in [-0.1, -0.05) is 35.3 Å². The summed E-state index contributed by atoms with van der Waals surface area (Å²) in [5, 5.41) is 0.914. The van der Waals surface area contributed by atoms with Crippen molar-refractivity contribution in [3.8, 4) is 5.75 Å². The van der Waals surface area contributed by atoms with Gasteiger partial charge in [0.05, 0.1) is 5.02 Å². The van der Waals surface area contributed by atoms with E-state index < -0.39 is 0 Å². The Bertz CT molecular complexity index is 673.